The van der Waals surface area contributed by atoms with Crippen molar-refractivity contribution in [2.45, 2.75) is 72.3 Å². The highest BCUT2D eigenvalue weighted by molar-refractivity contribution is 5.91. The van der Waals surface area contributed by atoms with Gasteiger partial charge in [0.15, 0.2) is 0 Å². The van der Waals surface area contributed by atoms with Crippen LogP contribution in [0.2, 0.25) is 0 Å². The Hall–Kier alpha value is -0.900. The molecule has 0 aromatic carbocycles. The van der Waals surface area contributed by atoms with Crippen molar-refractivity contribution in [1.82, 2.24) is 9.80 Å². The van der Waals surface area contributed by atoms with Crippen LogP contribution in [-0.4, -0.2) is 54.2 Å². The molecule has 0 aromatic rings. The first-order chi connectivity index (χ1) is 11.3. The molecule has 1 aliphatic carbocycles. The van der Waals surface area contributed by atoms with E-state index >= 15 is 0 Å². The molecule has 0 spiro atoms. The van der Waals surface area contributed by atoms with Gasteiger partial charge in [0.2, 0.25) is 5.91 Å². The molecule has 0 radical (unpaired) electrons. The molecule has 24 heavy (non-hydrogen) atoms. The minimum absolute atomic E-state index is 0.0837. The molecule has 1 heterocycles. The van der Waals surface area contributed by atoms with Crippen LogP contribution in [0, 0.1) is 17.3 Å². The number of likely N-dealkylation sites (N-methyl/N-ethyl adjacent to an activating group) is 2. The average Bonchev–Trinajstić information content (AvgIpc) is 2.99. The third-order valence-electron chi connectivity index (χ3n) is 5.93. The van der Waals surface area contributed by atoms with E-state index in [0.717, 1.165) is 45.3 Å². The molecule has 0 N–H and O–H groups in total. The molecule has 4 nitrogen and oxygen atoms in total. The van der Waals surface area contributed by atoms with E-state index in [9.17, 15) is 9.59 Å². The number of hydrogen-bond acceptors (Lipinski definition) is 3. The quantitative estimate of drug-likeness (QED) is 0.773. The fourth-order valence-electron chi connectivity index (χ4n) is 4.50. The van der Waals surface area contributed by atoms with E-state index < -0.39 is 0 Å². The molecule has 138 valence electrons. The number of carbonyl (C=O) groups is 2. The Balaban J connectivity index is 2.03. The number of Topliss-reactive ketones (excluding diaryl/α,β-unsaturated/α-hetero) is 1. The zero-order valence-electron chi connectivity index (χ0n) is 16.3. The van der Waals surface area contributed by atoms with E-state index in [-0.39, 0.29) is 28.9 Å². The van der Waals surface area contributed by atoms with E-state index in [0.29, 0.717) is 6.04 Å². The maximum atomic E-state index is 13.1. The van der Waals surface area contributed by atoms with Crippen molar-refractivity contribution >= 4 is 11.7 Å². The van der Waals surface area contributed by atoms with Gasteiger partial charge in [0.05, 0.1) is 0 Å². The number of ketones is 1. The van der Waals surface area contributed by atoms with Crippen LogP contribution in [0.3, 0.4) is 0 Å². The molecule has 2 fully saturated rings. The summed E-state index contributed by atoms with van der Waals surface area (Å²) in [5, 5.41) is 0. The Morgan fingerprint density at radius 1 is 1.04 bits per heavy atom. The number of carbonyl (C=O) groups excluding carboxylic acids is 2. The second kappa shape index (κ2) is 7.99. The highest BCUT2D eigenvalue weighted by Crippen LogP contribution is 2.36. The van der Waals surface area contributed by atoms with Crippen molar-refractivity contribution in [1.29, 1.82) is 0 Å². The number of likely N-dealkylation sites (tertiary alicyclic amines) is 1. The van der Waals surface area contributed by atoms with Gasteiger partial charge in [-0.2, -0.15) is 0 Å². The molecule has 0 aromatic heterocycles. The lowest BCUT2D eigenvalue weighted by Crippen LogP contribution is -2.47. The average molecular weight is 337 g/mol. The number of nitrogens with zero attached hydrogens (tertiary/aromatic N) is 2. The first-order valence-electron chi connectivity index (χ1n) is 9.79. The zero-order chi connectivity index (χ0) is 17.9. The highest BCUT2D eigenvalue weighted by atomic mass is 16.2. The summed E-state index contributed by atoms with van der Waals surface area (Å²) in [6, 6.07) is 0.490. The van der Waals surface area contributed by atoms with Crippen molar-refractivity contribution in [3.63, 3.8) is 0 Å². The van der Waals surface area contributed by atoms with Crippen molar-refractivity contribution in [3.8, 4) is 0 Å². The summed E-state index contributed by atoms with van der Waals surface area (Å²) in [7, 11) is 1.93. The lowest BCUT2D eigenvalue weighted by atomic mass is 9.70. The Kier molecular flexibility index (Phi) is 6.46. The van der Waals surface area contributed by atoms with Crippen LogP contribution in [0.5, 0.6) is 0 Å². The monoisotopic (exact) mass is 336 g/mol. The summed E-state index contributed by atoms with van der Waals surface area (Å²) in [6.07, 6.45) is 6.31. The Labute approximate surface area is 148 Å². The topological polar surface area (TPSA) is 40.6 Å². The van der Waals surface area contributed by atoms with E-state index in [2.05, 4.69) is 11.8 Å². The van der Waals surface area contributed by atoms with Crippen molar-refractivity contribution in [2.75, 3.05) is 26.7 Å². The van der Waals surface area contributed by atoms with Gasteiger partial charge in [-0.25, -0.2) is 0 Å². The molecule has 1 saturated heterocycles. The lowest BCUT2D eigenvalue weighted by Gasteiger charge is -2.36. The SMILES string of the molecule is CCN1CCC[C@H]1CN(C)C(=O)[C@H]1CCCC[C@H]1C(=O)C(C)(C)C. The molecule has 4 heteroatoms. The Morgan fingerprint density at radius 2 is 1.67 bits per heavy atom. The smallest absolute Gasteiger partial charge is 0.226 e. The molecule has 3 atom stereocenters. The van der Waals surface area contributed by atoms with Gasteiger partial charge in [0.1, 0.15) is 5.78 Å². The third kappa shape index (κ3) is 4.38. The molecule has 2 rings (SSSR count). The van der Waals surface area contributed by atoms with E-state index in [1.54, 1.807) is 0 Å². The summed E-state index contributed by atoms with van der Waals surface area (Å²) < 4.78 is 0. The predicted octanol–water partition coefficient (Wildman–Crippen LogP) is 3.35. The molecule has 2 aliphatic rings. The second-order valence-electron chi connectivity index (χ2n) is 8.76. The Bertz CT molecular complexity index is 455. The first kappa shape index (κ1) is 19.4. The van der Waals surface area contributed by atoms with Gasteiger partial charge < -0.3 is 4.90 Å². The highest BCUT2D eigenvalue weighted by Gasteiger charge is 2.41. The largest absolute Gasteiger partial charge is 0.344 e. The Morgan fingerprint density at radius 3 is 2.25 bits per heavy atom. The maximum absolute atomic E-state index is 13.1. The predicted molar refractivity (Wildman–Crippen MR) is 97.8 cm³/mol. The minimum atomic E-state index is -0.358. The number of amides is 1. The van der Waals surface area contributed by atoms with Crippen molar-refractivity contribution in [2.24, 2.45) is 17.3 Å². The summed E-state index contributed by atoms with van der Waals surface area (Å²) >= 11 is 0. The van der Waals surface area contributed by atoms with Gasteiger partial charge in [-0.15, -0.1) is 0 Å². The maximum Gasteiger partial charge on any atom is 0.226 e. The van der Waals surface area contributed by atoms with Crippen LogP contribution >= 0.6 is 0 Å². The second-order valence-corrected chi connectivity index (χ2v) is 8.76. The van der Waals surface area contributed by atoms with Crippen LogP contribution < -0.4 is 0 Å². The van der Waals surface area contributed by atoms with Crippen molar-refractivity contribution in [3.05, 3.63) is 0 Å². The lowest BCUT2D eigenvalue weighted by molar-refractivity contribution is -0.145. The third-order valence-corrected chi connectivity index (χ3v) is 5.93. The van der Waals surface area contributed by atoms with Gasteiger partial charge in [-0.3, -0.25) is 14.5 Å². The van der Waals surface area contributed by atoms with E-state index in [1.165, 1.54) is 12.8 Å². The fourth-order valence-corrected chi connectivity index (χ4v) is 4.50. The molecule has 1 amide bonds. The van der Waals surface area contributed by atoms with Crippen LogP contribution in [0.1, 0.15) is 66.2 Å². The molecular weight excluding hydrogens is 300 g/mol. The number of rotatable bonds is 5. The first-order valence-corrected chi connectivity index (χ1v) is 9.79. The summed E-state index contributed by atoms with van der Waals surface area (Å²) in [5.41, 5.74) is -0.358. The van der Waals surface area contributed by atoms with Crippen LogP contribution in [0.25, 0.3) is 0 Å². The zero-order valence-corrected chi connectivity index (χ0v) is 16.3. The summed E-state index contributed by atoms with van der Waals surface area (Å²) in [6.45, 7) is 11.1. The molecule has 0 unspecified atom stereocenters. The van der Waals surface area contributed by atoms with Gasteiger partial charge in [0.25, 0.3) is 0 Å². The number of hydrogen-bond donors (Lipinski definition) is 0. The molecule has 1 saturated carbocycles. The molecule has 0 bridgehead atoms. The van der Waals surface area contributed by atoms with E-state index in [4.69, 9.17) is 0 Å². The normalized spacial score (nSPS) is 28.8. The standard InChI is InChI=1S/C20H36N2O2/c1-6-22-13-9-10-15(22)14-21(5)19(24)17-12-8-7-11-16(17)18(23)20(2,3)4/h15-17H,6-14H2,1-5H3/t15-,16+,17-/m0/s1. The van der Waals surface area contributed by atoms with Crippen LogP contribution in [-0.2, 0) is 9.59 Å². The van der Waals surface area contributed by atoms with Crippen molar-refractivity contribution < 1.29 is 9.59 Å². The van der Waals surface area contributed by atoms with Crippen LogP contribution in [0.15, 0.2) is 0 Å². The summed E-state index contributed by atoms with van der Waals surface area (Å²) in [4.78, 5) is 30.3. The van der Waals surface area contributed by atoms with Gasteiger partial charge in [0, 0.05) is 36.9 Å². The van der Waals surface area contributed by atoms with Gasteiger partial charge in [-0.05, 0) is 38.8 Å². The summed E-state index contributed by atoms with van der Waals surface area (Å²) in [5.74, 6) is 0.275. The van der Waals surface area contributed by atoms with E-state index in [1.807, 2.05) is 32.7 Å². The molecular formula is C20H36N2O2. The molecule has 1 aliphatic heterocycles. The van der Waals surface area contributed by atoms with Gasteiger partial charge >= 0.3 is 0 Å². The van der Waals surface area contributed by atoms with Gasteiger partial charge in [-0.1, -0.05) is 40.5 Å². The minimum Gasteiger partial charge on any atom is -0.344 e. The fraction of sp³-hybridized carbons (Fsp3) is 0.900. The van der Waals surface area contributed by atoms with Crippen LogP contribution in [0.4, 0.5) is 0 Å².